The summed E-state index contributed by atoms with van der Waals surface area (Å²) in [4.78, 5) is 2.12. The van der Waals surface area contributed by atoms with Crippen molar-refractivity contribution in [1.82, 2.24) is 10.0 Å². The summed E-state index contributed by atoms with van der Waals surface area (Å²) in [6, 6.07) is 10.1. The number of hydrogen-bond acceptors (Lipinski definition) is 4. The average Bonchev–Trinajstić information content (AvgIpc) is 3.23. The monoisotopic (exact) mass is 281 g/mol. The number of para-hydroxylation sites is 1. The van der Waals surface area contributed by atoms with Crippen LogP contribution in [-0.4, -0.2) is 39.5 Å². The molecular weight excluding hydrogens is 262 g/mol. The third-order valence-corrected chi connectivity index (χ3v) is 5.27. The molecule has 0 bridgehead atoms. The van der Waals surface area contributed by atoms with Crippen LogP contribution < -0.4 is 14.9 Å². The van der Waals surface area contributed by atoms with E-state index in [0.717, 1.165) is 25.1 Å². The molecule has 1 saturated heterocycles. The van der Waals surface area contributed by atoms with Crippen LogP contribution in [-0.2, 0) is 10.0 Å². The molecule has 0 spiro atoms. The van der Waals surface area contributed by atoms with E-state index < -0.39 is 15.4 Å². The molecule has 1 aliphatic carbocycles. The number of hydrogen-bond donors (Lipinski definition) is 2. The van der Waals surface area contributed by atoms with Crippen LogP contribution in [0.3, 0.4) is 0 Å². The maximum atomic E-state index is 12.2. The van der Waals surface area contributed by atoms with Crippen LogP contribution in [0.5, 0.6) is 0 Å². The molecule has 1 saturated carbocycles. The normalized spacial score (nSPS) is 24.4. The summed E-state index contributed by atoms with van der Waals surface area (Å²) in [6.45, 7) is 2.01. The van der Waals surface area contributed by atoms with E-state index in [1.807, 2.05) is 30.3 Å². The Labute approximate surface area is 114 Å². The number of benzene rings is 1. The number of anilines is 1. The van der Waals surface area contributed by atoms with E-state index in [-0.39, 0.29) is 6.04 Å². The van der Waals surface area contributed by atoms with Crippen molar-refractivity contribution in [2.45, 2.75) is 24.3 Å². The van der Waals surface area contributed by atoms with Crippen molar-refractivity contribution in [2.75, 3.05) is 24.5 Å². The largest absolute Gasteiger partial charge is 0.368 e. The first kappa shape index (κ1) is 12.9. The van der Waals surface area contributed by atoms with Crippen LogP contribution in [0, 0.1) is 0 Å². The molecule has 3 rings (SSSR count). The lowest BCUT2D eigenvalue weighted by atomic mass is 10.2. The van der Waals surface area contributed by atoms with Gasteiger partial charge in [-0.25, -0.2) is 13.1 Å². The van der Waals surface area contributed by atoms with E-state index >= 15 is 0 Å². The van der Waals surface area contributed by atoms with Crippen LogP contribution >= 0.6 is 0 Å². The van der Waals surface area contributed by atoms with Gasteiger partial charge in [-0.05, 0) is 25.0 Å². The highest BCUT2D eigenvalue weighted by atomic mass is 32.2. The lowest BCUT2D eigenvalue weighted by molar-refractivity contribution is 0.500. The van der Waals surface area contributed by atoms with Crippen LogP contribution in [0.25, 0.3) is 0 Å². The first-order chi connectivity index (χ1) is 9.15. The van der Waals surface area contributed by atoms with Gasteiger partial charge in [0, 0.05) is 31.4 Å². The minimum absolute atomic E-state index is 0.166. The zero-order chi connectivity index (χ0) is 13.3. The molecule has 19 heavy (non-hydrogen) atoms. The van der Waals surface area contributed by atoms with Crippen LogP contribution in [0.4, 0.5) is 5.69 Å². The molecule has 1 aromatic carbocycles. The third kappa shape index (κ3) is 3.08. The molecule has 104 valence electrons. The Kier molecular flexibility index (Phi) is 3.47. The second-order valence-corrected chi connectivity index (χ2v) is 7.06. The van der Waals surface area contributed by atoms with Gasteiger partial charge in [0.1, 0.15) is 5.37 Å². The molecule has 1 aromatic rings. The van der Waals surface area contributed by atoms with E-state index in [4.69, 9.17) is 0 Å². The van der Waals surface area contributed by atoms with Crippen LogP contribution in [0.2, 0.25) is 0 Å². The molecule has 1 unspecified atom stereocenters. The van der Waals surface area contributed by atoms with Gasteiger partial charge < -0.3 is 4.90 Å². The fraction of sp³-hybridized carbons (Fsp3) is 0.538. The fourth-order valence-electron chi connectivity index (χ4n) is 2.31. The van der Waals surface area contributed by atoms with E-state index in [9.17, 15) is 8.42 Å². The molecule has 2 aliphatic rings. The fourth-order valence-corrected chi connectivity index (χ4v) is 3.89. The molecule has 5 nitrogen and oxygen atoms in total. The van der Waals surface area contributed by atoms with Crippen molar-refractivity contribution in [1.29, 1.82) is 0 Å². The van der Waals surface area contributed by atoms with Gasteiger partial charge in [0.2, 0.25) is 10.0 Å². The predicted octanol–water partition coefficient (Wildman–Crippen LogP) is 0.504. The summed E-state index contributed by atoms with van der Waals surface area (Å²) in [5.41, 5.74) is 1.08. The minimum atomic E-state index is -3.26. The van der Waals surface area contributed by atoms with Gasteiger partial charge in [-0.3, -0.25) is 5.32 Å². The van der Waals surface area contributed by atoms with E-state index in [0.29, 0.717) is 13.1 Å². The highest BCUT2D eigenvalue weighted by Crippen LogP contribution is 2.22. The van der Waals surface area contributed by atoms with Crippen molar-refractivity contribution in [2.24, 2.45) is 0 Å². The molecule has 1 heterocycles. The number of nitrogens with zero attached hydrogens (tertiary/aromatic N) is 1. The molecule has 2 fully saturated rings. The van der Waals surface area contributed by atoms with Crippen molar-refractivity contribution >= 4 is 15.7 Å². The van der Waals surface area contributed by atoms with Gasteiger partial charge in [-0.1, -0.05) is 18.2 Å². The Balaban J connectivity index is 1.71. The number of rotatable bonds is 4. The maximum absolute atomic E-state index is 12.2. The molecule has 2 N–H and O–H groups in total. The Morgan fingerprint density at radius 2 is 1.95 bits per heavy atom. The number of sulfonamides is 1. The Hall–Kier alpha value is -1.11. The Morgan fingerprint density at radius 1 is 1.21 bits per heavy atom. The van der Waals surface area contributed by atoms with Gasteiger partial charge in [0.15, 0.2) is 0 Å². The van der Waals surface area contributed by atoms with Crippen LogP contribution in [0.1, 0.15) is 12.8 Å². The van der Waals surface area contributed by atoms with E-state index in [2.05, 4.69) is 14.9 Å². The van der Waals surface area contributed by atoms with E-state index in [1.165, 1.54) is 0 Å². The van der Waals surface area contributed by atoms with E-state index in [1.54, 1.807) is 0 Å². The van der Waals surface area contributed by atoms with Crippen molar-refractivity contribution in [3.8, 4) is 0 Å². The SMILES string of the molecule is O=S(=O)(NC1CC1)C1CN(c2ccccc2)CCN1. The quantitative estimate of drug-likeness (QED) is 0.844. The summed E-state index contributed by atoms with van der Waals surface area (Å²) in [5.74, 6) is 0. The smallest absolute Gasteiger partial charge is 0.229 e. The van der Waals surface area contributed by atoms with Crippen LogP contribution in [0.15, 0.2) is 30.3 Å². The summed E-state index contributed by atoms with van der Waals surface area (Å²) in [7, 11) is -3.26. The lowest BCUT2D eigenvalue weighted by Gasteiger charge is -2.34. The number of piperazine rings is 1. The Morgan fingerprint density at radius 3 is 2.63 bits per heavy atom. The number of nitrogens with one attached hydrogen (secondary N) is 2. The second kappa shape index (κ2) is 5.11. The van der Waals surface area contributed by atoms with Gasteiger partial charge >= 0.3 is 0 Å². The highest BCUT2D eigenvalue weighted by Gasteiger charge is 2.35. The maximum Gasteiger partial charge on any atom is 0.229 e. The summed E-state index contributed by atoms with van der Waals surface area (Å²) in [5, 5.41) is 2.57. The molecule has 0 radical (unpaired) electrons. The van der Waals surface area contributed by atoms with Crippen molar-refractivity contribution in [3.05, 3.63) is 30.3 Å². The van der Waals surface area contributed by atoms with Gasteiger partial charge in [-0.2, -0.15) is 0 Å². The zero-order valence-electron chi connectivity index (χ0n) is 10.7. The minimum Gasteiger partial charge on any atom is -0.368 e. The van der Waals surface area contributed by atoms with Gasteiger partial charge in [0.25, 0.3) is 0 Å². The molecule has 0 amide bonds. The van der Waals surface area contributed by atoms with Crippen molar-refractivity contribution < 1.29 is 8.42 Å². The van der Waals surface area contributed by atoms with Gasteiger partial charge in [0.05, 0.1) is 0 Å². The predicted molar refractivity (Wildman–Crippen MR) is 75.5 cm³/mol. The van der Waals surface area contributed by atoms with Crippen molar-refractivity contribution in [3.63, 3.8) is 0 Å². The summed E-state index contributed by atoms with van der Waals surface area (Å²) < 4.78 is 27.2. The molecule has 1 aliphatic heterocycles. The first-order valence-corrected chi connectivity index (χ1v) is 8.24. The first-order valence-electron chi connectivity index (χ1n) is 6.70. The lowest BCUT2D eigenvalue weighted by Crippen LogP contribution is -2.57. The Bertz CT molecular complexity index is 528. The summed E-state index contributed by atoms with van der Waals surface area (Å²) >= 11 is 0. The molecule has 1 atom stereocenters. The average molecular weight is 281 g/mol. The molecule has 0 aromatic heterocycles. The van der Waals surface area contributed by atoms with Gasteiger partial charge in [-0.15, -0.1) is 0 Å². The second-order valence-electron chi connectivity index (χ2n) is 5.16. The highest BCUT2D eigenvalue weighted by molar-refractivity contribution is 7.90. The third-order valence-electron chi connectivity index (χ3n) is 3.54. The zero-order valence-corrected chi connectivity index (χ0v) is 11.6. The molecule has 6 heteroatoms. The molecular formula is C13H19N3O2S. The summed E-state index contributed by atoms with van der Waals surface area (Å²) in [6.07, 6.45) is 1.93. The standard InChI is InChI=1S/C13H19N3O2S/c17-19(18,15-11-6-7-11)13-10-16(9-8-14-13)12-4-2-1-3-5-12/h1-5,11,13-15H,6-10H2. The topological polar surface area (TPSA) is 61.4 Å².